The molecule has 94 valence electrons. The van der Waals surface area contributed by atoms with E-state index in [0.717, 1.165) is 11.0 Å². The van der Waals surface area contributed by atoms with Crippen molar-refractivity contribution in [2.75, 3.05) is 13.7 Å². The van der Waals surface area contributed by atoms with E-state index in [4.69, 9.17) is 10.2 Å². The van der Waals surface area contributed by atoms with Crippen LogP contribution in [-0.4, -0.2) is 74.5 Å². The van der Waals surface area contributed by atoms with Crippen LogP contribution in [0, 0.1) is 0 Å². The van der Waals surface area contributed by atoms with Gasteiger partial charge in [-0.2, -0.15) is 0 Å². The fourth-order valence-corrected chi connectivity index (χ4v) is 1.02. The monoisotopic (exact) mass is 235 g/mol. The molecule has 0 spiro atoms. The summed E-state index contributed by atoms with van der Waals surface area (Å²) in [6.07, 6.45) is -5.94. The highest BCUT2D eigenvalue weighted by atomic mass is 16.4. The molecule has 0 bridgehead atoms. The molecule has 0 aliphatic rings. The smallest absolute Gasteiger partial charge is 0.247 e. The fraction of sp³-hybridized carbons (Fsp3) is 0.667. The van der Waals surface area contributed by atoms with Gasteiger partial charge in [-0.25, -0.2) is 0 Å². The zero-order valence-electron chi connectivity index (χ0n) is 8.89. The molecule has 0 aliphatic heterocycles. The molecule has 0 aromatic carbocycles. The molecule has 7 nitrogen and oxygen atoms in total. The lowest BCUT2D eigenvalue weighted by Gasteiger charge is -2.30. The molecule has 5 N–H and O–H groups in total. The predicted molar refractivity (Wildman–Crippen MR) is 54.1 cm³/mol. The summed E-state index contributed by atoms with van der Waals surface area (Å²) in [4.78, 5) is 11.8. The normalized spacial score (nSPS) is 18.4. The summed E-state index contributed by atoms with van der Waals surface area (Å²) in [5, 5.41) is 45.7. The number of carbonyl (C=O) groups excluding carboxylic acids is 1. The van der Waals surface area contributed by atoms with Crippen LogP contribution in [0.15, 0.2) is 12.7 Å². The van der Waals surface area contributed by atoms with Crippen molar-refractivity contribution >= 4 is 5.91 Å². The minimum Gasteiger partial charge on any atom is -0.394 e. The Kier molecular flexibility index (Phi) is 6.16. The van der Waals surface area contributed by atoms with Gasteiger partial charge in [0.1, 0.15) is 18.3 Å². The highest BCUT2D eigenvalue weighted by Gasteiger charge is 2.33. The number of aliphatic hydroxyl groups is 5. The van der Waals surface area contributed by atoms with E-state index in [1.165, 1.54) is 7.05 Å². The lowest BCUT2D eigenvalue weighted by molar-refractivity contribution is -0.163. The Bertz CT molecular complexity index is 246. The van der Waals surface area contributed by atoms with E-state index in [0.29, 0.717) is 0 Å². The van der Waals surface area contributed by atoms with Crippen LogP contribution < -0.4 is 0 Å². The van der Waals surface area contributed by atoms with Gasteiger partial charge in [0, 0.05) is 7.05 Å². The van der Waals surface area contributed by atoms with Gasteiger partial charge < -0.3 is 30.4 Å². The van der Waals surface area contributed by atoms with E-state index in [9.17, 15) is 20.1 Å². The summed E-state index contributed by atoms with van der Waals surface area (Å²) in [7, 11) is 1.19. The van der Waals surface area contributed by atoms with Crippen molar-refractivity contribution in [3.8, 4) is 0 Å². The van der Waals surface area contributed by atoms with E-state index >= 15 is 0 Å². The average molecular weight is 235 g/mol. The van der Waals surface area contributed by atoms with Gasteiger partial charge in [-0.1, -0.05) is 6.58 Å². The first-order valence-electron chi connectivity index (χ1n) is 4.59. The van der Waals surface area contributed by atoms with E-state index in [1.54, 1.807) is 0 Å². The third-order valence-corrected chi connectivity index (χ3v) is 2.16. The number of likely N-dealkylation sites (N-methyl/N-ethyl adjacent to an activating group) is 1. The lowest BCUT2D eigenvalue weighted by atomic mass is 10.1. The second-order valence-electron chi connectivity index (χ2n) is 3.30. The topological polar surface area (TPSA) is 121 Å². The highest BCUT2D eigenvalue weighted by Crippen LogP contribution is 2.08. The maximum absolute atomic E-state index is 11.1. The number of carbonyl (C=O) groups is 1. The molecule has 0 radical (unpaired) electrons. The van der Waals surface area contributed by atoms with Crippen molar-refractivity contribution in [1.29, 1.82) is 0 Å². The van der Waals surface area contributed by atoms with E-state index in [-0.39, 0.29) is 0 Å². The molecule has 0 aromatic rings. The summed E-state index contributed by atoms with van der Waals surface area (Å²) < 4.78 is 0. The molecule has 0 rings (SSSR count). The molecule has 7 heteroatoms. The van der Waals surface area contributed by atoms with E-state index < -0.39 is 37.1 Å². The van der Waals surface area contributed by atoms with Gasteiger partial charge in [0.05, 0.1) is 6.61 Å². The summed E-state index contributed by atoms with van der Waals surface area (Å²) in [5.41, 5.74) is 0. The van der Waals surface area contributed by atoms with Crippen LogP contribution >= 0.6 is 0 Å². The molecule has 1 amide bonds. The SMILES string of the molecule is C=CC(=O)N(C)C(O)[C@H](O)[C@@H](O)[C@H](O)CO. The number of nitrogens with zero attached hydrogens (tertiary/aromatic N) is 1. The Morgan fingerprint density at radius 2 is 1.81 bits per heavy atom. The molecule has 0 saturated heterocycles. The van der Waals surface area contributed by atoms with Crippen LogP contribution in [0.2, 0.25) is 0 Å². The number of amides is 1. The fourth-order valence-electron chi connectivity index (χ4n) is 1.02. The van der Waals surface area contributed by atoms with Crippen molar-refractivity contribution in [1.82, 2.24) is 4.90 Å². The molecule has 1 unspecified atom stereocenters. The van der Waals surface area contributed by atoms with Gasteiger partial charge in [-0.3, -0.25) is 4.79 Å². The van der Waals surface area contributed by atoms with Crippen LogP contribution in [0.25, 0.3) is 0 Å². The van der Waals surface area contributed by atoms with Gasteiger partial charge in [0.2, 0.25) is 5.91 Å². The molecular formula is C9H17NO6. The zero-order chi connectivity index (χ0) is 12.9. The third-order valence-electron chi connectivity index (χ3n) is 2.16. The number of hydrogen-bond donors (Lipinski definition) is 5. The molecule has 0 aliphatic carbocycles. The van der Waals surface area contributed by atoms with Crippen LogP contribution in [-0.2, 0) is 4.79 Å². The van der Waals surface area contributed by atoms with Crippen molar-refractivity contribution in [2.24, 2.45) is 0 Å². The summed E-state index contributed by atoms with van der Waals surface area (Å²) in [6, 6.07) is 0. The van der Waals surface area contributed by atoms with Crippen LogP contribution in [0.4, 0.5) is 0 Å². The molecular weight excluding hydrogens is 218 g/mol. The molecule has 0 fully saturated rings. The Morgan fingerprint density at radius 3 is 2.19 bits per heavy atom. The molecule has 0 aromatic heterocycles. The van der Waals surface area contributed by atoms with Gasteiger partial charge in [-0.05, 0) is 6.08 Å². The highest BCUT2D eigenvalue weighted by molar-refractivity contribution is 5.86. The largest absolute Gasteiger partial charge is 0.394 e. The van der Waals surface area contributed by atoms with E-state index in [2.05, 4.69) is 6.58 Å². The van der Waals surface area contributed by atoms with Crippen molar-refractivity contribution in [3.05, 3.63) is 12.7 Å². The summed E-state index contributed by atoms with van der Waals surface area (Å²) in [6.45, 7) is 2.41. The third kappa shape index (κ3) is 3.54. The van der Waals surface area contributed by atoms with Crippen LogP contribution in [0.3, 0.4) is 0 Å². The first-order valence-corrected chi connectivity index (χ1v) is 4.59. The Hall–Kier alpha value is -0.990. The Labute approximate surface area is 92.9 Å². The van der Waals surface area contributed by atoms with Crippen molar-refractivity contribution < 1.29 is 30.3 Å². The van der Waals surface area contributed by atoms with Crippen molar-refractivity contribution in [3.63, 3.8) is 0 Å². The van der Waals surface area contributed by atoms with Gasteiger partial charge in [0.15, 0.2) is 6.23 Å². The predicted octanol–water partition coefficient (Wildman–Crippen LogP) is -2.98. The quantitative estimate of drug-likeness (QED) is 0.247. The average Bonchev–Trinajstić information content (AvgIpc) is 2.32. The summed E-state index contributed by atoms with van der Waals surface area (Å²) >= 11 is 0. The first-order chi connectivity index (χ1) is 7.36. The standard InChI is InChI=1S/C9H17NO6/c1-3-6(13)10(2)9(16)8(15)7(14)5(12)4-11/h3,5,7-9,11-12,14-16H,1,4H2,2H3/t5-,7+,8-,9?/m1/s1. The maximum atomic E-state index is 11.1. The van der Waals surface area contributed by atoms with Gasteiger partial charge >= 0.3 is 0 Å². The number of rotatable bonds is 6. The Balaban J connectivity index is 4.53. The second-order valence-corrected chi connectivity index (χ2v) is 3.30. The first kappa shape index (κ1) is 15.0. The maximum Gasteiger partial charge on any atom is 0.247 e. The lowest BCUT2D eigenvalue weighted by Crippen LogP contribution is -2.52. The van der Waals surface area contributed by atoms with Crippen LogP contribution in [0.5, 0.6) is 0 Å². The van der Waals surface area contributed by atoms with Crippen LogP contribution in [0.1, 0.15) is 0 Å². The van der Waals surface area contributed by atoms with Gasteiger partial charge in [0.25, 0.3) is 0 Å². The summed E-state index contributed by atoms with van der Waals surface area (Å²) in [5.74, 6) is -0.655. The minimum absolute atomic E-state index is 0.655. The zero-order valence-corrected chi connectivity index (χ0v) is 8.89. The minimum atomic E-state index is -1.80. The molecule has 4 atom stereocenters. The molecule has 0 saturated carbocycles. The molecule has 16 heavy (non-hydrogen) atoms. The van der Waals surface area contributed by atoms with Crippen molar-refractivity contribution in [2.45, 2.75) is 24.5 Å². The Morgan fingerprint density at radius 1 is 1.31 bits per heavy atom. The second kappa shape index (κ2) is 6.56. The van der Waals surface area contributed by atoms with E-state index in [1.807, 2.05) is 0 Å². The number of hydrogen-bond acceptors (Lipinski definition) is 6. The molecule has 0 heterocycles. The van der Waals surface area contributed by atoms with Gasteiger partial charge in [-0.15, -0.1) is 0 Å². The number of aliphatic hydroxyl groups excluding tert-OH is 5.